The van der Waals surface area contributed by atoms with E-state index in [1.165, 1.54) is 0 Å². The topological polar surface area (TPSA) is 104 Å². The standard InChI is InChI=1S/C20H18N6O3S/c1-12-17(23-25-26(12)14-9-10-15(28-2)16(11-14)29-3)18-21-20(30-24-18)22-19(27)13-7-5-4-6-8-13/h4-11H,1-3H3,(H,21,22,24,27). The van der Waals surface area contributed by atoms with Crippen molar-refractivity contribution in [2.24, 2.45) is 0 Å². The molecule has 4 rings (SSSR count). The van der Waals surface area contributed by atoms with Crippen LogP contribution in [0.25, 0.3) is 17.2 Å². The number of hydrogen-bond donors (Lipinski definition) is 1. The molecular weight excluding hydrogens is 404 g/mol. The molecule has 10 heteroatoms. The monoisotopic (exact) mass is 422 g/mol. The first-order valence-electron chi connectivity index (χ1n) is 8.96. The predicted octanol–water partition coefficient (Wildman–Crippen LogP) is 3.36. The molecule has 0 radical (unpaired) electrons. The van der Waals surface area contributed by atoms with Gasteiger partial charge in [-0.15, -0.1) is 5.10 Å². The Kier molecular flexibility index (Phi) is 5.40. The zero-order valence-corrected chi connectivity index (χ0v) is 17.3. The van der Waals surface area contributed by atoms with E-state index in [-0.39, 0.29) is 5.91 Å². The molecule has 0 unspecified atom stereocenters. The van der Waals surface area contributed by atoms with E-state index < -0.39 is 0 Å². The number of carbonyl (C=O) groups excluding carboxylic acids is 1. The number of nitrogens with one attached hydrogen (secondary N) is 1. The Morgan fingerprint density at radius 3 is 2.57 bits per heavy atom. The molecule has 4 aromatic rings. The van der Waals surface area contributed by atoms with Gasteiger partial charge in [-0.05, 0) is 31.2 Å². The number of carbonyl (C=O) groups is 1. The minimum absolute atomic E-state index is 0.246. The van der Waals surface area contributed by atoms with Crippen LogP contribution < -0.4 is 14.8 Å². The Morgan fingerprint density at radius 1 is 1.07 bits per heavy atom. The second-order valence-electron chi connectivity index (χ2n) is 6.22. The van der Waals surface area contributed by atoms with E-state index >= 15 is 0 Å². The normalized spacial score (nSPS) is 10.6. The molecule has 0 saturated heterocycles. The molecule has 0 fully saturated rings. The molecule has 30 heavy (non-hydrogen) atoms. The number of benzene rings is 2. The fraction of sp³-hybridized carbons (Fsp3) is 0.150. The molecule has 2 aromatic heterocycles. The summed E-state index contributed by atoms with van der Waals surface area (Å²) in [6.45, 7) is 1.87. The molecule has 0 aliphatic rings. The molecule has 0 bridgehead atoms. The van der Waals surface area contributed by atoms with Gasteiger partial charge in [0.1, 0.15) is 0 Å². The number of anilines is 1. The summed E-state index contributed by atoms with van der Waals surface area (Å²) in [5.74, 6) is 1.36. The molecule has 0 aliphatic heterocycles. The summed E-state index contributed by atoms with van der Waals surface area (Å²) in [5.41, 5.74) is 2.59. The molecule has 152 valence electrons. The maximum Gasteiger partial charge on any atom is 0.257 e. The van der Waals surface area contributed by atoms with Crippen molar-refractivity contribution >= 4 is 22.6 Å². The molecule has 1 amide bonds. The summed E-state index contributed by atoms with van der Waals surface area (Å²) in [7, 11) is 3.16. The third-order valence-electron chi connectivity index (χ3n) is 4.40. The van der Waals surface area contributed by atoms with Crippen LogP contribution in [0.5, 0.6) is 11.5 Å². The Labute approximate surface area is 176 Å². The van der Waals surface area contributed by atoms with Crippen molar-refractivity contribution in [3.8, 4) is 28.7 Å². The highest BCUT2D eigenvalue weighted by Crippen LogP contribution is 2.30. The third-order valence-corrected chi connectivity index (χ3v) is 5.03. The number of amides is 1. The van der Waals surface area contributed by atoms with Gasteiger partial charge in [0.15, 0.2) is 23.0 Å². The van der Waals surface area contributed by atoms with Gasteiger partial charge in [0, 0.05) is 23.2 Å². The lowest BCUT2D eigenvalue weighted by atomic mass is 10.2. The highest BCUT2D eigenvalue weighted by atomic mass is 32.1. The van der Waals surface area contributed by atoms with Crippen LogP contribution in [0.1, 0.15) is 16.1 Å². The highest BCUT2D eigenvalue weighted by molar-refractivity contribution is 7.10. The highest BCUT2D eigenvalue weighted by Gasteiger charge is 2.18. The van der Waals surface area contributed by atoms with E-state index in [9.17, 15) is 4.79 Å². The van der Waals surface area contributed by atoms with Gasteiger partial charge in [-0.1, -0.05) is 23.4 Å². The number of ether oxygens (including phenoxy) is 2. The average molecular weight is 422 g/mol. The van der Waals surface area contributed by atoms with Gasteiger partial charge in [0.05, 0.1) is 25.6 Å². The van der Waals surface area contributed by atoms with Crippen LogP contribution in [0, 0.1) is 6.92 Å². The van der Waals surface area contributed by atoms with E-state index in [1.807, 2.05) is 25.1 Å². The van der Waals surface area contributed by atoms with Gasteiger partial charge in [0.2, 0.25) is 5.13 Å². The van der Waals surface area contributed by atoms with Crippen LogP contribution >= 0.6 is 11.5 Å². The zero-order valence-electron chi connectivity index (χ0n) is 16.5. The summed E-state index contributed by atoms with van der Waals surface area (Å²) in [5, 5.41) is 11.6. The first-order valence-corrected chi connectivity index (χ1v) is 9.73. The number of rotatable bonds is 6. The quantitative estimate of drug-likeness (QED) is 0.508. The van der Waals surface area contributed by atoms with Gasteiger partial charge < -0.3 is 9.47 Å². The first kappa shape index (κ1) is 19.5. The summed E-state index contributed by atoms with van der Waals surface area (Å²) in [6, 6.07) is 14.4. The van der Waals surface area contributed by atoms with Crippen molar-refractivity contribution in [2.45, 2.75) is 6.92 Å². The molecule has 0 saturated carbocycles. The predicted molar refractivity (Wildman–Crippen MR) is 112 cm³/mol. The van der Waals surface area contributed by atoms with Crippen LogP contribution in [0.15, 0.2) is 48.5 Å². The Morgan fingerprint density at radius 2 is 1.83 bits per heavy atom. The molecular formula is C20H18N6O3S. The summed E-state index contributed by atoms with van der Waals surface area (Å²) >= 11 is 1.09. The van der Waals surface area contributed by atoms with E-state index in [0.717, 1.165) is 22.9 Å². The largest absolute Gasteiger partial charge is 0.493 e. The minimum atomic E-state index is -0.246. The van der Waals surface area contributed by atoms with Crippen molar-refractivity contribution in [3.63, 3.8) is 0 Å². The summed E-state index contributed by atoms with van der Waals surface area (Å²) < 4.78 is 16.6. The Balaban J connectivity index is 1.58. The minimum Gasteiger partial charge on any atom is -0.493 e. The number of hydrogen-bond acceptors (Lipinski definition) is 8. The van der Waals surface area contributed by atoms with E-state index in [2.05, 4.69) is 25.0 Å². The molecule has 2 heterocycles. The maximum atomic E-state index is 12.3. The first-order chi connectivity index (χ1) is 14.6. The third kappa shape index (κ3) is 3.72. The lowest BCUT2D eigenvalue weighted by molar-refractivity contribution is 0.102. The van der Waals surface area contributed by atoms with Crippen LogP contribution in [0.4, 0.5) is 5.13 Å². The van der Waals surface area contributed by atoms with Crippen LogP contribution in [-0.2, 0) is 0 Å². The average Bonchev–Trinajstić information content (AvgIpc) is 3.40. The molecule has 0 atom stereocenters. The van der Waals surface area contributed by atoms with Crippen LogP contribution in [0.2, 0.25) is 0 Å². The van der Waals surface area contributed by atoms with Crippen molar-refractivity contribution in [3.05, 3.63) is 59.8 Å². The summed E-state index contributed by atoms with van der Waals surface area (Å²) in [6.07, 6.45) is 0. The van der Waals surface area contributed by atoms with E-state index in [1.54, 1.807) is 49.2 Å². The lowest BCUT2D eigenvalue weighted by Crippen LogP contribution is -2.11. The van der Waals surface area contributed by atoms with Crippen molar-refractivity contribution in [2.75, 3.05) is 19.5 Å². The Hall–Kier alpha value is -3.79. The second-order valence-corrected chi connectivity index (χ2v) is 6.97. The second kappa shape index (κ2) is 8.29. The number of methoxy groups -OCH3 is 2. The SMILES string of the molecule is COc1ccc(-n2nnc(-c3nsc(NC(=O)c4ccccc4)n3)c2C)cc1OC. The zero-order chi connectivity index (χ0) is 21.1. The van der Waals surface area contributed by atoms with Gasteiger partial charge in [-0.25, -0.2) is 4.68 Å². The molecule has 1 N–H and O–H groups in total. The maximum absolute atomic E-state index is 12.3. The molecule has 0 spiro atoms. The fourth-order valence-corrected chi connectivity index (χ4v) is 3.43. The Bertz CT molecular complexity index is 1190. The fourth-order valence-electron chi connectivity index (χ4n) is 2.87. The van der Waals surface area contributed by atoms with Crippen molar-refractivity contribution < 1.29 is 14.3 Å². The van der Waals surface area contributed by atoms with Gasteiger partial charge in [0.25, 0.3) is 5.91 Å². The molecule has 9 nitrogen and oxygen atoms in total. The summed E-state index contributed by atoms with van der Waals surface area (Å²) in [4.78, 5) is 16.7. The number of aromatic nitrogens is 5. The van der Waals surface area contributed by atoms with E-state index in [0.29, 0.717) is 33.7 Å². The number of nitrogens with zero attached hydrogens (tertiary/aromatic N) is 5. The van der Waals surface area contributed by atoms with Crippen molar-refractivity contribution in [1.82, 2.24) is 24.4 Å². The van der Waals surface area contributed by atoms with Gasteiger partial charge in [-0.2, -0.15) is 9.36 Å². The molecule has 2 aromatic carbocycles. The molecule has 0 aliphatic carbocycles. The van der Waals surface area contributed by atoms with E-state index in [4.69, 9.17) is 9.47 Å². The smallest absolute Gasteiger partial charge is 0.257 e. The van der Waals surface area contributed by atoms with Gasteiger partial charge in [-0.3, -0.25) is 10.1 Å². The van der Waals surface area contributed by atoms with Crippen LogP contribution in [-0.4, -0.2) is 44.5 Å². The van der Waals surface area contributed by atoms with Crippen molar-refractivity contribution in [1.29, 1.82) is 0 Å². The van der Waals surface area contributed by atoms with Gasteiger partial charge >= 0.3 is 0 Å². The lowest BCUT2D eigenvalue weighted by Gasteiger charge is -2.10. The van der Waals surface area contributed by atoms with Crippen LogP contribution in [0.3, 0.4) is 0 Å².